The normalized spacial score (nSPS) is 42.9. The van der Waals surface area contributed by atoms with Crippen molar-refractivity contribution < 1.29 is 4.79 Å². The fourth-order valence-corrected chi connectivity index (χ4v) is 9.22. The predicted molar refractivity (Wildman–Crippen MR) is 127 cm³/mol. The molecule has 1 heteroatoms. The zero-order valence-electron chi connectivity index (χ0n) is 20.8. The lowest BCUT2D eigenvalue weighted by Gasteiger charge is -2.58. The average molecular weight is 413 g/mol. The molecule has 0 radical (unpaired) electrons. The van der Waals surface area contributed by atoms with Crippen LogP contribution in [0.5, 0.6) is 0 Å². The molecule has 4 rings (SSSR count). The second-order valence-corrected chi connectivity index (χ2v) is 12.7. The minimum atomic E-state index is 0.327. The molecule has 30 heavy (non-hydrogen) atoms. The van der Waals surface area contributed by atoms with Crippen LogP contribution in [0.15, 0.2) is 11.6 Å². The van der Waals surface area contributed by atoms with Gasteiger partial charge in [0, 0.05) is 6.42 Å². The Labute approximate surface area is 186 Å². The Kier molecular flexibility index (Phi) is 6.33. The molecule has 0 saturated heterocycles. The molecule has 0 aromatic rings. The number of rotatable bonds is 6. The first-order valence-electron chi connectivity index (χ1n) is 13.4. The fourth-order valence-electron chi connectivity index (χ4n) is 9.22. The monoisotopic (exact) mass is 412 g/mol. The van der Waals surface area contributed by atoms with Crippen LogP contribution < -0.4 is 0 Å². The van der Waals surface area contributed by atoms with E-state index in [0.717, 1.165) is 54.3 Å². The largest absolute Gasteiger partial charge is 0.295 e. The van der Waals surface area contributed by atoms with Crippen LogP contribution in [0.1, 0.15) is 112 Å². The summed E-state index contributed by atoms with van der Waals surface area (Å²) in [5, 5.41) is 0. The molecule has 0 spiro atoms. The maximum Gasteiger partial charge on any atom is 0.155 e. The molecule has 0 N–H and O–H groups in total. The highest BCUT2D eigenvalue weighted by Gasteiger charge is 2.59. The van der Waals surface area contributed by atoms with Gasteiger partial charge in [0.1, 0.15) is 0 Å². The molecule has 0 aromatic heterocycles. The minimum absolute atomic E-state index is 0.327. The number of allylic oxidation sites excluding steroid dienone is 1. The summed E-state index contributed by atoms with van der Waals surface area (Å²) >= 11 is 0. The highest BCUT2D eigenvalue weighted by Crippen LogP contribution is 2.67. The van der Waals surface area contributed by atoms with Crippen LogP contribution in [-0.4, -0.2) is 5.78 Å². The molecule has 0 amide bonds. The number of fused-ring (bicyclic) bond motifs is 5. The molecule has 0 aromatic carbocycles. The fraction of sp³-hybridized carbons (Fsp3) is 0.897. The van der Waals surface area contributed by atoms with Crippen LogP contribution in [0.4, 0.5) is 0 Å². The van der Waals surface area contributed by atoms with Crippen molar-refractivity contribution in [1.82, 2.24) is 0 Å². The van der Waals surface area contributed by atoms with E-state index >= 15 is 0 Å². The van der Waals surface area contributed by atoms with Crippen LogP contribution in [0.25, 0.3) is 0 Å². The third-order valence-electron chi connectivity index (χ3n) is 11.2. The minimum Gasteiger partial charge on any atom is -0.295 e. The quantitative estimate of drug-likeness (QED) is 0.429. The molecule has 0 bridgehead atoms. The van der Waals surface area contributed by atoms with E-state index in [0.29, 0.717) is 16.6 Å². The van der Waals surface area contributed by atoms with Gasteiger partial charge >= 0.3 is 0 Å². The smallest absolute Gasteiger partial charge is 0.155 e. The Morgan fingerprint density at radius 1 is 0.967 bits per heavy atom. The summed E-state index contributed by atoms with van der Waals surface area (Å²) in [5.41, 5.74) is 2.42. The molecular weight excluding hydrogens is 364 g/mol. The second kappa shape index (κ2) is 8.40. The molecular formula is C29H48O. The number of hydrogen-bond acceptors (Lipinski definition) is 1. The Morgan fingerprint density at radius 2 is 1.73 bits per heavy atom. The molecule has 0 unspecified atom stereocenters. The van der Waals surface area contributed by atoms with Gasteiger partial charge in [0.2, 0.25) is 0 Å². The van der Waals surface area contributed by atoms with E-state index < -0.39 is 0 Å². The van der Waals surface area contributed by atoms with Gasteiger partial charge < -0.3 is 0 Å². The first-order valence-corrected chi connectivity index (χ1v) is 13.4. The van der Waals surface area contributed by atoms with E-state index in [9.17, 15) is 4.79 Å². The van der Waals surface area contributed by atoms with Gasteiger partial charge in [0.25, 0.3) is 0 Å². The van der Waals surface area contributed by atoms with E-state index in [4.69, 9.17) is 0 Å². The van der Waals surface area contributed by atoms with Gasteiger partial charge in [-0.1, -0.05) is 60.0 Å². The van der Waals surface area contributed by atoms with Crippen LogP contribution >= 0.6 is 0 Å². The Hall–Kier alpha value is -0.590. The van der Waals surface area contributed by atoms with Crippen molar-refractivity contribution in [2.75, 3.05) is 0 Å². The number of ketones is 1. The van der Waals surface area contributed by atoms with Crippen molar-refractivity contribution in [1.29, 1.82) is 0 Å². The zero-order valence-corrected chi connectivity index (χ0v) is 20.8. The van der Waals surface area contributed by atoms with Crippen molar-refractivity contribution in [2.45, 2.75) is 112 Å². The van der Waals surface area contributed by atoms with Crippen LogP contribution in [-0.2, 0) is 4.79 Å². The summed E-state index contributed by atoms with van der Waals surface area (Å²) in [4.78, 5) is 12.1. The maximum absolute atomic E-state index is 12.1. The van der Waals surface area contributed by atoms with Gasteiger partial charge in [-0.15, -0.1) is 0 Å². The Morgan fingerprint density at radius 3 is 2.43 bits per heavy atom. The van der Waals surface area contributed by atoms with Gasteiger partial charge in [0.15, 0.2) is 5.78 Å². The van der Waals surface area contributed by atoms with E-state index in [1.807, 2.05) is 0 Å². The summed E-state index contributed by atoms with van der Waals surface area (Å²) in [7, 11) is 0. The van der Waals surface area contributed by atoms with Crippen molar-refractivity contribution in [2.24, 2.45) is 52.3 Å². The molecule has 4 aliphatic carbocycles. The number of carbonyl (C=O) groups excluding carboxylic acids is 1. The van der Waals surface area contributed by atoms with Crippen LogP contribution in [0.2, 0.25) is 0 Å². The molecule has 0 heterocycles. The van der Waals surface area contributed by atoms with Crippen LogP contribution in [0.3, 0.4) is 0 Å². The van der Waals surface area contributed by atoms with Gasteiger partial charge in [-0.3, -0.25) is 4.79 Å². The number of carbonyl (C=O) groups is 1. The average Bonchev–Trinajstić information content (AvgIpc) is 3.06. The lowest BCUT2D eigenvalue weighted by Crippen LogP contribution is -2.51. The molecule has 3 saturated carbocycles. The summed E-state index contributed by atoms with van der Waals surface area (Å²) in [6.07, 6.45) is 16.5. The molecule has 4 aliphatic rings. The topological polar surface area (TPSA) is 17.1 Å². The van der Waals surface area contributed by atoms with Crippen molar-refractivity contribution in [3.63, 3.8) is 0 Å². The van der Waals surface area contributed by atoms with E-state index in [1.54, 1.807) is 0 Å². The Balaban J connectivity index is 1.48. The van der Waals surface area contributed by atoms with Crippen LogP contribution in [0, 0.1) is 52.3 Å². The first kappa shape index (κ1) is 22.6. The molecule has 0 aliphatic heterocycles. The molecule has 8 atom stereocenters. The molecule has 3 fully saturated rings. The highest BCUT2D eigenvalue weighted by atomic mass is 16.1. The number of hydrogen-bond donors (Lipinski definition) is 0. The highest BCUT2D eigenvalue weighted by molar-refractivity contribution is 5.91. The van der Waals surface area contributed by atoms with Gasteiger partial charge in [-0.25, -0.2) is 0 Å². The van der Waals surface area contributed by atoms with E-state index in [-0.39, 0.29) is 0 Å². The van der Waals surface area contributed by atoms with E-state index in [2.05, 4.69) is 47.6 Å². The van der Waals surface area contributed by atoms with Crippen molar-refractivity contribution in [3.05, 3.63) is 11.6 Å². The SMILES string of the molecule is CC[C@H](CC[C@H](C)[C@@H]1CC[C@@H]2[C@H]3CCC4=CC(=O)CC[C@]4(C)[C@@H]3CC[C@@]21C)C(C)C. The lowest BCUT2D eigenvalue weighted by molar-refractivity contribution is -0.117. The summed E-state index contributed by atoms with van der Waals surface area (Å²) < 4.78 is 0. The maximum atomic E-state index is 12.1. The third kappa shape index (κ3) is 3.65. The Bertz CT molecular complexity index is 674. The molecule has 170 valence electrons. The summed E-state index contributed by atoms with van der Waals surface area (Å²) in [6.45, 7) is 15.0. The molecule has 1 nitrogen and oxygen atoms in total. The van der Waals surface area contributed by atoms with Crippen molar-refractivity contribution in [3.8, 4) is 0 Å². The van der Waals surface area contributed by atoms with Gasteiger partial charge in [0.05, 0.1) is 0 Å². The van der Waals surface area contributed by atoms with Crippen molar-refractivity contribution >= 4 is 5.78 Å². The first-order chi connectivity index (χ1) is 14.2. The van der Waals surface area contributed by atoms with Gasteiger partial charge in [-0.05, 0) is 110 Å². The predicted octanol–water partition coefficient (Wildman–Crippen LogP) is 8.23. The standard InChI is InChI=1S/C29H48O/c1-7-21(19(2)3)9-8-20(4)25-12-13-26-24-11-10-22-18-23(30)14-16-28(22,5)27(24)15-17-29(25,26)6/h18-21,24-27H,7-17H2,1-6H3/t20-,21+,24+,25-,26+,27+,28-,29+/m0/s1. The second-order valence-electron chi connectivity index (χ2n) is 12.7. The lowest BCUT2D eigenvalue weighted by atomic mass is 9.46. The van der Waals surface area contributed by atoms with E-state index in [1.165, 1.54) is 63.4 Å². The zero-order chi connectivity index (χ0) is 21.7. The summed E-state index contributed by atoms with van der Waals surface area (Å²) in [6, 6.07) is 0. The summed E-state index contributed by atoms with van der Waals surface area (Å²) in [5.74, 6) is 6.63. The third-order valence-corrected chi connectivity index (χ3v) is 11.2. The van der Waals surface area contributed by atoms with Gasteiger partial charge in [-0.2, -0.15) is 0 Å².